The second kappa shape index (κ2) is 8.83. The van der Waals surface area contributed by atoms with Gasteiger partial charge in [0.2, 0.25) is 0 Å². The van der Waals surface area contributed by atoms with E-state index in [1.54, 1.807) is 30.2 Å². The third-order valence-corrected chi connectivity index (χ3v) is 5.53. The molecule has 0 bridgehead atoms. The molecule has 0 aliphatic heterocycles. The van der Waals surface area contributed by atoms with Gasteiger partial charge in [0.05, 0.1) is 11.7 Å². The molecule has 3 heterocycles. The summed E-state index contributed by atoms with van der Waals surface area (Å²) in [5.41, 5.74) is 1.75. The first-order valence-electron chi connectivity index (χ1n) is 9.47. The Morgan fingerprint density at radius 3 is 2.86 bits per heavy atom. The van der Waals surface area contributed by atoms with E-state index in [0.29, 0.717) is 18.7 Å². The average Bonchev–Trinajstić information content (AvgIpc) is 3.38. The number of hydrogen-bond acceptors (Lipinski definition) is 6. The predicted molar refractivity (Wildman–Crippen MR) is 115 cm³/mol. The van der Waals surface area contributed by atoms with Crippen LogP contribution in [0.2, 0.25) is 0 Å². The highest BCUT2D eigenvalue weighted by atomic mass is 32.1. The molecule has 0 fully saturated rings. The number of carbonyl (C=O) groups is 1. The van der Waals surface area contributed by atoms with Gasteiger partial charge in [-0.2, -0.15) is 0 Å². The maximum absolute atomic E-state index is 12.3. The lowest BCUT2D eigenvalue weighted by molar-refractivity contribution is 0.0952. The van der Waals surface area contributed by atoms with Crippen molar-refractivity contribution in [2.45, 2.75) is 26.4 Å². The maximum Gasteiger partial charge on any atom is 0.251 e. The molecule has 1 aromatic carbocycles. The van der Waals surface area contributed by atoms with Gasteiger partial charge in [-0.15, -0.1) is 11.3 Å². The van der Waals surface area contributed by atoms with Crippen LogP contribution >= 0.6 is 11.3 Å². The highest BCUT2D eigenvalue weighted by molar-refractivity contribution is 7.18. The Hall–Kier alpha value is -3.26. The quantitative estimate of drug-likeness (QED) is 0.437. The van der Waals surface area contributed by atoms with Gasteiger partial charge in [-0.1, -0.05) is 12.1 Å². The topological polar surface area (TPSA) is 84.7 Å². The summed E-state index contributed by atoms with van der Waals surface area (Å²) >= 11 is 1.66. The van der Waals surface area contributed by atoms with Crippen LogP contribution in [0.25, 0.3) is 10.2 Å². The van der Waals surface area contributed by atoms with E-state index in [0.717, 1.165) is 34.6 Å². The van der Waals surface area contributed by atoms with E-state index in [-0.39, 0.29) is 5.91 Å². The van der Waals surface area contributed by atoms with Crippen LogP contribution < -0.4 is 10.6 Å². The molecule has 0 spiro atoms. The molecular weight excluding hydrogens is 384 g/mol. The zero-order valence-electron chi connectivity index (χ0n) is 16.1. The van der Waals surface area contributed by atoms with Gasteiger partial charge in [-0.3, -0.25) is 4.79 Å². The zero-order valence-corrected chi connectivity index (χ0v) is 16.9. The van der Waals surface area contributed by atoms with Crippen LogP contribution in [0.3, 0.4) is 0 Å². The minimum Gasteiger partial charge on any atom is -0.365 e. The molecule has 0 saturated heterocycles. The van der Waals surface area contributed by atoms with Gasteiger partial charge in [0.1, 0.15) is 17.0 Å². The number of nitrogens with zero attached hydrogens (tertiary/aromatic N) is 4. The van der Waals surface area contributed by atoms with Crippen LogP contribution in [0, 0.1) is 6.92 Å². The number of imidazole rings is 1. The predicted octanol–water partition coefficient (Wildman–Crippen LogP) is 3.63. The molecule has 2 N–H and O–H groups in total. The molecule has 0 aliphatic rings. The Balaban J connectivity index is 1.28. The third kappa shape index (κ3) is 4.78. The number of anilines is 1. The largest absolute Gasteiger partial charge is 0.365 e. The molecule has 29 heavy (non-hydrogen) atoms. The Labute approximate surface area is 172 Å². The zero-order chi connectivity index (χ0) is 20.1. The Morgan fingerprint density at radius 1 is 1.21 bits per heavy atom. The molecule has 4 rings (SSSR count). The molecular formula is C21H22N6OS. The van der Waals surface area contributed by atoms with Crippen molar-refractivity contribution in [2.24, 2.45) is 0 Å². The fourth-order valence-electron chi connectivity index (χ4n) is 3.06. The van der Waals surface area contributed by atoms with Crippen molar-refractivity contribution in [1.29, 1.82) is 0 Å². The Bertz CT molecular complexity index is 1090. The summed E-state index contributed by atoms with van der Waals surface area (Å²) < 4.78 is 2.00. The highest BCUT2D eigenvalue weighted by Crippen LogP contribution is 2.27. The minimum absolute atomic E-state index is 0.0543. The maximum atomic E-state index is 12.3. The second-order valence-corrected chi connectivity index (χ2v) is 7.99. The molecule has 4 aromatic rings. The fourth-order valence-corrected chi connectivity index (χ4v) is 3.91. The van der Waals surface area contributed by atoms with Crippen molar-refractivity contribution in [2.75, 3.05) is 11.9 Å². The van der Waals surface area contributed by atoms with Gasteiger partial charge in [0.25, 0.3) is 5.91 Å². The lowest BCUT2D eigenvalue weighted by Crippen LogP contribution is -2.25. The Kier molecular flexibility index (Phi) is 5.81. The number of hydrogen-bond donors (Lipinski definition) is 2. The molecule has 0 radical (unpaired) electrons. The summed E-state index contributed by atoms with van der Waals surface area (Å²) in [6.07, 6.45) is 7.89. The first kappa shape index (κ1) is 19.1. The van der Waals surface area contributed by atoms with Crippen LogP contribution in [0.1, 0.15) is 27.2 Å². The number of aryl methyl sites for hydroxylation is 2. The number of carbonyl (C=O) groups excluding carboxylic acids is 1. The molecule has 3 aromatic heterocycles. The summed E-state index contributed by atoms with van der Waals surface area (Å²) in [4.78, 5) is 27.2. The van der Waals surface area contributed by atoms with Gasteiger partial charge in [0, 0.05) is 42.5 Å². The van der Waals surface area contributed by atoms with E-state index in [2.05, 4.69) is 38.6 Å². The van der Waals surface area contributed by atoms with Gasteiger partial charge >= 0.3 is 0 Å². The monoisotopic (exact) mass is 406 g/mol. The van der Waals surface area contributed by atoms with E-state index >= 15 is 0 Å². The van der Waals surface area contributed by atoms with E-state index < -0.39 is 0 Å². The first-order valence-corrected chi connectivity index (χ1v) is 10.3. The number of benzene rings is 1. The van der Waals surface area contributed by atoms with E-state index in [1.807, 2.05) is 35.0 Å². The SMILES string of the molecule is Cc1cc2c(NCc3ccc(C(=O)NCCCn4ccnc4)cc3)ncnc2s1. The van der Waals surface area contributed by atoms with Crippen LogP contribution in [0.15, 0.2) is 55.4 Å². The van der Waals surface area contributed by atoms with Gasteiger partial charge in [-0.05, 0) is 37.1 Å². The molecule has 0 unspecified atom stereocenters. The van der Waals surface area contributed by atoms with E-state index in [4.69, 9.17) is 0 Å². The number of thiophene rings is 1. The standard InChI is InChI=1S/C21H22N6OS/c1-15-11-18-19(25-13-26-21(18)29-15)24-12-16-3-5-17(6-4-16)20(28)23-7-2-9-27-10-8-22-14-27/h3-6,8,10-11,13-14H,2,7,9,12H2,1H3,(H,23,28)(H,24,25,26). The molecule has 1 amide bonds. The molecule has 8 heteroatoms. The third-order valence-electron chi connectivity index (χ3n) is 4.57. The summed E-state index contributed by atoms with van der Waals surface area (Å²) in [5.74, 6) is 0.778. The van der Waals surface area contributed by atoms with Crippen LogP contribution in [0.5, 0.6) is 0 Å². The van der Waals surface area contributed by atoms with E-state index in [9.17, 15) is 4.79 Å². The Morgan fingerprint density at radius 2 is 2.07 bits per heavy atom. The fraction of sp³-hybridized carbons (Fsp3) is 0.238. The van der Waals surface area contributed by atoms with Gasteiger partial charge in [0.15, 0.2) is 0 Å². The van der Waals surface area contributed by atoms with Crippen LogP contribution in [0.4, 0.5) is 5.82 Å². The summed E-state index contributed by atoms with van der Waals surface area (Å²) in [7, 11) is 0. The van der Waals surface area contributed by atoms with Crippen molar-refractivity contribution in [3.05, 3.63) is 71.4 Å². The van der Waals surface area contributed by atoms with Crippen LogP contribution in [-0.4, -0.2) is 32.0 Å². The summed E-state index contributed by atoms with van der Waals surface area (Å²) in [5, 5.41) is 7.37. The van der Waals surface area contributed by atoms with E-state index in [1.165, 1.54) is 4.88 Å². The molecule has 148 valence electrons. The molecule has 7 nitrogen and oxygen atoms in total. The average molecular weight is 407 g/mol. The normalized spacial score (nSPS) is 10.9. The smallest absolute Gasteiger partial charge is 0.251 e. The number of fused-ring (bicyclic) bond motifs is 1. The van der Waals surface area contributed by atoms with Crippen molar-refractivity contribution in [3.63, 3.8) is 0 Å². The van der Waals surface area contributed by atoms with Crippen molar-refractivity contribution in [1.82, 2.24) is 24.8 Å². The van der Waals surface area contributed by atoms with Crippen molar-refractivity contribution < 1.29 is 4.79 Å². The summed E-state index contributed by atoms with van der Waals surface area (Å²) in [6.45, 7) is 4.17. The molecule has 0 atom stereocenters. The lowest BCUT2D eigenvalue weighted by Gasteiger charge is -2.08. The number of aromatic nitrogens is 4. The number of rotatable bonds is 8. The minimum atomic E-state index is -0.0543. The summed E-state index contributed by atoms with van der Waals surface area (Å²) in [6, 6.07) is 9.73. The first-order chi connectivity index (χ1) is 14.2. The van der Waals surface area contributed by atoms with Crippen molar-refractivity contribution in [3.8, 4) is 0 Å². The second-order valence-electron chi connectivity index (χ2n) is 6.76. The molecule has 0 saturated carbocycles. The van der Waals surface area contributed by atoms with Gasteiger partial charge < -0.3 is 15.2 Å². The number of nitrogens with one attached hydrogen (secondary N) is 2. The van der Waals surface area contributed by atoms with Gasteiger partial charge in [-0.25, -0.2) is 15.0 Å². The lowest BCUT2D eigenvalue weighted by atomic mass is 10.1. The van der Waals surface area contributed by atoms with Crippen molar-refractivity contribution >= 4 is 33.3 Å². The number of amides is 1. The van der Waals surface area contributed by atoms with Crippen LogP contribution in [-0.2, 0) is 13.1 Å². The molecule has 0 aliphatic carbocycles. The highest BCUT2D eigenvalue weighted by Gasteiger charge is 2.08.